The van der Waals surface area contributed by atoms with Crippen molar-refractivity contribution in [3.8, 4) is 11.3 Å². The predicted octanol–water partition coefficient (Wildman–Crippen LogP) is 3.55. The Labute approximate surface area is 164 Å². The molecule has 7 nitrogen and oxygen atoms in total. The number of nitrogens with zero attached hydrogens (tertiary/aromatic N) is 3. The maximum Gasteiger partial charge on any atom is 0.420 e. The Kier molecular flexibility index (Phi) is 3.98. The number of oxazole rings is 1. The number of carbonyl (C=O) groups excluding carboxylic acids is 1. The molecular formula is C22H16N4O3. The third-order valence-electron chi connectivity index (χ3n) is 4.70. The normalized spacial score (nSPS) is 11.2. The van der Waals surface area contributed by atoms with Gasteiger partial charge in [0.15, 0.2) is 5.58 Å². The molecule has 2 aromatic carbocycles. The number of pyridine rings is 1. The van der Waals surface area contributed by atoms with E-state index in [2.05, 4.69) is 10.3 Å². The lowest BCUT2D eigenvalue weighted by Gasteiger charge is -2.06. The van der Waals surface area contributed by atoms with Gasteiger partial charge in [-0.1, -0.05) is 30.3 Å². The minimum absolute atomic E-state index is 0.121. The van der Waals surface area contributed by atoms with Crippen molar-refractivity contribution in [2.75, 3.05) is 5.32 Å². The van der Waals surface area contributed by atoms with E-state index >= 15 is 0 Å². The molecule has 7 heteroatoms. The molecule has 0 fully saturated rings. The van der Waals surface area contributed by atoms with Crippen LogP contribution in [0.4, 0.5) is 5.69 Å². The largest absolute Gasteiger partial charge is 0.420 e. The minimum Gasteiger partial charge on any atom is -0.408 e. The van der Waals surface area contributed by atoms with Gasteiger partial charge in [0.25, 0.3) is 0 Å². The third-order valence-corrected chi connectivity index (χ3v) is 4.70. The lowest BCUT2D eigenvalue weighted by atomic mass is 10.1. The van der Waals surface area contributed by atoms with Gasteiger partial charge in [-0.15, -0.1) is 0 Å². The number of hydrogen-bond acceptors (Lipinski definition) is 4. The van der Waals surface area contributed by atoms with Gasteiger partial charge in [-0.3, -0.25) is 9.36 Å². The SMILES string of the molecule is O=C(Cn1c(=O)oc2ccccc21)Nc1ccc(-c2cn3ccccc3n2)cc1. The molecule has 0 saturated carbocycles. The molecule has 3 aromatic heterocycles. The Morgan fingerprint density at radius 3 is 2.62 bits per heavy atom. The summed E-state index contributed by atoms with van der Waals surface area (Å²) >= 11 is 0. The fourth-order valence-electron chi connectivity index (χ4n) is 3.31. The molecule has 0 radical (unpaired) electrons. The summed E-state index contributed by atoms with van der Waals surface area (Å²) in [6.45, 7) is -0.121. The van der Waals surface area contributed by atoms with E-state index in [0.29, 0.717) is 16.8 Å². The second kappa shape index (κ2) is 6.79. The number of aromatic nitrogens is 3. The number of benzene rings is 2. The molecule has 0 spiro atoms. The molecule has 0 atom stereocenters. The van der Waals surface area contributed by atoms with Crippen LogP contribution in [-0.4, -0.2) is 19.9 Å². The van der Waals surface area contributed by atoms with E-state index in [4.69, 9.17) is 4.42 Å². The van der Waals surface area contributed by atoms with Gasteiger partial charge in [0.05, 0.1) is 11.2 Å². The lowest BCUT2D eigenvalue weighted by Crippen LogP contribution is -2.24. The van der Waals surface area contributed by atoms with Crippen molar-refractivity contribution in [1.29, 1.82) is 0 Å². The molecule has 5 rings (SSSR count). The van der Waals surface area contributed by atoms with Crippen LogP contribution in [0.2, 0.25) is 0 Å². The highest BCUT2D eigenvalue weighted by molar-refractivity contribution is 5.91. The van der Waals surface area contributed by atoms with Gasteiger partial charge in [-0.05, 0) is 36.4 Å². The molecule has 0 bridgehead atoms. The summed E-state index contributed by atoms with van der Waals surface area (Å²) in [6.07, 6.45) is 3.90. The molecule has 0 aliphatic heterocycles. The van der Waals surface area contributed by atoms with Crippen molar-refractivity contribution in [2.24, 2.45) is 0 Å². The Bertz CT molecular complexity index is 1360. The first kappa shape index (κ1) is 17.0. The standard InChI is InChI=1S/C22H16N4O3/c27-21(14-26-18-5-1-2-6-19(18)29-22(26)28)23-16-10-8-15(9-11-16)17-13-25-12-4-3-7-20(25)24-17/h1-13H,14H2,(H,23,27). The summed E-state index contributed by atoms with van der Waals surface area (Å²) < 4.78 is 8.43. The molecule has 1 amide bonds. The van der Waals surface area contributed by atoms with E-state index in [-0.39, 0.29) is 12.5 Å². The number of carbonyl (C=O) groups is 1. The fourth-order valence-corrected chi connectivity index (χ4v) is 3.31. The molecule has 0 saturated heterocycles. The average Bonchev–Trinajstić information content (AvgIpc) is 3.30. The Morgan fingerprint density at radius 1 is 1.00 bits per heavy atom. The second-order valence-electron chi connectivity index (χ2n) is 6.64. The quantitative estimate of drug-likeness (QED) is 0.514. The van der Waals surface area contributed by atoms with E-state index in [9.17, 15) is 9.59 Å². The Morgan fingerprint density at radius 2 is 1.79 bits per heavy atom. The van der Waals surface area contributed by atoms with Gasteiger partial charge in [0.1, 0.15) is 12.2 Å². The summed E-state index contributed by atoms with van der Waals surface area (Å²) in [5, 5.41) is 2.81. The highest BCUT2D eigenvalue weighted by Crippen LogP contribution is 2.21. The molecule has 1 N–H and O–H groups in total. The van der Waals surface area contributed by atoms with Crippen LogP contribution in [0.5, 0.6) is 0 Å². The highest BCUT2D eigenvalue weighted by atomic mass is 16.4. The van der Waals surface area contributed by atoms with Crippen LogP contribution >= 0.6 is 0 Å². The number of hydrogen-bond donors (Lipinski definition) is 1. The molecule has 0 aliphatic carbocycles. The van der Waals surface area contributed by atoms with Crippen molar-refractivity contribution in [3.05, 3.63) is 89.7 Å². The van der Waals surface area contributed by atoms with Crippen LogP contribution in [0.15, 0.2) is 88.3 Å². The van der Waals surface area contributed by atoms with E-state index in [0.717, 1.165) is 16.9 Å². The summed E-state index contributed by atoms with van der Waals surface area (Å²) in [7, 11) is 0. The highest BCUT2D eigenvalue weighted by Gasteiger charge is 2.12. The summed E-state index contributed by atoms with van der Waals surface area (Å²) in [5.74, 6) is -0.859. The summed E-state index contributed by atoms with van der Waals surface area (Å²) in [5.41, 5.74) is 4.37. The topological polar surface area (TPSA) is 81.5 Å². The number of nitrogens with one attached hydrogen (secondary N) is 1. The van der Waals surface area contributed by atoms with Crippen LogP contribution in [0.25, 0.3) is 28.0 Å². The van der Waals surface area contributed by atoms with Gasteiger partial charge in [0.2, 0.25) is 5.91 Å². The van der Waals surface area contributed by atoms with Crippen LogP contribution < -0.4 is 11.1 Å². The van der Waals surface area contributed by atoms with E-state index in [1.807, 2.05) is 59.3 Å². The van der Waals surface area contributed by atoms with Gasteiger partial charge in [-0.25, -0.2) is 9.78 Å². The molecule has 0 aliphatic rings. The molecule has 29 heavy (non-hydrogen) atoms. The molecule has 0 unspecified atom stereocenters. The average molecular weight is 384 g/mol. The zero-order valence-electron chi connectivity index (χ0n) is 15.3. The third kappa shape index (κ3) is 3.19. The van der Waals surface area contributed by atoms with Crippen molar-refractivity contribution in [3.63, 3.8) is 0 Å². The first-order valence-corrected chi connectivity index (χ1v) is 9.10. The number of fused-ring (bicyclic) bond motifs is 2. The van der Waals surface area contributed by atoms with Crippen LogP contribution in [-0.2, 0) is 11.3 Å². The first-order chi connectivity index (χ1) is 14.2. The molecule has 3 heterocycles. The van der Waals surface area contributed by atoms with Gasteiger partial charge < -0.3 is 14.1 Å². The summed E-state index contributed by atoms with van der Waals surface area (Å²) in [6, 6.07) is 20.3. The maximum atomic E-state index is 12.4. The van der Waals surface area contributed by atoms with Crippen molar-refractivity contribution >= 4 is 28.3 Å². The smallest absolute Gasteiger partial charge is 0.408 e. The van der Waals surface area contributed by atoms with E-state index in [1.54, 1.807) is 24.3 Å². The fraction of sp³-hybridized carbons (Fsp3) is 0.0455. The van der Waals surface area contributed by atoms with Crippen molar-refractivity contribution in [2.45, 2.75) is 6.54 Å². The summed E-state index contributed by atoms with van der Waals surface area (Å²) in [4.78, 5) is 29.0. The van der Waals surface area contributed by atoms with Gasteiger partial charge in [0, 0.05) is 23.6 Å². The number of rotatable bonds is 4. The monoisotopic (exact) mass is 384 g/mol. The van der Waals surface area contributed by atoms with Crippen LogP contribution in [0, 0.1) is 0 Å². The minimum atomic E-state index is -0.552. The number of imidazole rings is 1. The maximum absolute atomic E-state index is 12.4. The molecule has 5 aromatic rings. The molecular weight excluding hydrogens is 368 g/mol. The lowest BCUT2D eigenvalue weighted by molar-refractivity contribution is -0.116. The van der Waals surface area contributed by atoms with E-state index < -0.39 is 5.76 Å². The Hall–Kier alpha value is -4.13. The second-order valence-corrected chi connectivity index (χ2v) is 6.64. The first-order valence-electron chi connectivity index (χ1n) is 9.10. The van der Waals surface area contributed by atoms with Crippen molar-refractivity contribution in [1.82, 2.24) is 14.0 Å². The van der Waals surface area contributed by atoms with Crippen LogP contribution in [0.1, 0.15) is 0 Å². The number of amides is 1. The zero-order valence-corrected chi connectivity index (χ0v) is 15.3. The number of anilines is 1. The van der Waals surface area contributed by atoms with Crippen LogP contribution in [0.3, 0.4) is 0 Å². The number of para-hydroxylation sites is 2. The van der Waals surface area contributed by atoms with Gasteiger partial charge >= 0.3 is 5.76 Å². The van der Waals surface area contributed by atoms with E-state index in [1.165, 1.54) is 4.57 Å². The zero-order chi connectivity index (χ0) is 19.8. The van der Waals surface area contributed by atoms with Crippen molar-refractivity contribution < 1.29 is 9.21 Å². The predicted molar refractivity (Wildman–Crippen MR) is 110 cm³/mol. The van der Waals surface area contributed by atoms with Gasteiger partial charge in [-0.2, -0.15) is 0 Å². The molecule has 142 valence electrons. The Balaban J connectivity index is 1.33.